The van der Waals surface area contributed by atoms with Crippen molar-refractivity contribution in [3.05, 3.63) is 48.2 Å². The van der Waals surface area contributed by atoms with E-state index in [2.05, 4.69) is 37.1 Å². The number of hydrogen-bond donors (Lipinski definition) is 4. The molecule has 4 aromatic rings. The molecule has 208 valence electrons. The van der Waals surface area contributed by atoms with Crippen molar-refractivity contribution in [3.63, 3.8) is 0 Å². The van der Waals surface area contributed by atoms with E-state index in [9.17, 15) is 19.6 Å². The Morgan fingerprint density at radius 1 is 1.30 bits per heavy atom. The SMILES string of the molecule is CC(C)(O)C(F)Cn1nnc(-c2cnc(-c3ccc4cc(C#N)cnn34)cc2NC2CC(CNC(=O)O)C2)c1F. The maximum Gasteiger partial charge on any atom is 0.404 e. The minimum absolute atomic E-state index is 0.0153. The number of anilines is 1. The van der Waals surface area contributed by atoms with Gasteiger partial charge in [0.2, 0.25) is 5.95 Å². The normalized spacial score (nSPS) is 17.7. The highest BCUT2D eigenvalue weighted by Gasteiger charge is 2.32. The maximum absolute atomic E-state index is 15.4. The first-order valence-corrected chi connectivity index (χ1v) is 12.6. The highest BCUT2D eigenvalue weighted by Crippen LogP contribution is 2.36. The Hall–Kier alpha value is -4.64. The van der Waals surface area contributed by atoms with Crippen LogP contribution in [0.5, 0.6) is 0 Å². The summed E-state index contributed by atoms with van der Waals surface area (Å²) in [5.74, 6) is -0.715. The number of nitrogens with zero attached hydrogens (tertiary/aromatic N) is 7. The smallest absolute Gasteiger partial charge is 0.404 e. The summed E-state index contributed by atoms with van der Waals surface area (Å²) in [6.07, 6.45) is 1.41. The van der Waals surface area contributed by atoms with Crippen molar-refractivity contribution in [3.8, 4) is 28.7 Å². The molecule has 1 unspecified atom stereocenters. The van der Waals surface area contributed by atoms with Gasteiger partial charge in [0.25, 0.3) is 0 Å². The summed E-state index contributed by atoms with van der Waals surface area (Å²) in [5, 5.41) is 45.8. The molecule has 1 aliphatic rings. The summed E-state index contributed by atoms with van der Waals surface area (Å²) < 4.78 is 32.2. The average Bonchev–Trinajstić information content (AvgIpc) is 3.47. The minimum atomic E-state index is -1.78. The average molecular weight is 552 g/mol. The van der Waals surface area contributed by atoms with E-state index in [4.69, 9.17) is 5.11 Å². The molecule has 1 aliphatic carbocycles. The van der Waals surface area contributed by atoms with Gasteiger partial charge in [-0.05, 0) is 56.9 Å². The number of aliphatic hydroxyl groups is 1. The summed E-state index contributed by atoms with van der Waals surface area (Å²) in [5.41, 5.74) is 1.26. The number of halogens is 2. The second kappa shape index (κ2) is 10.5. The molecule has 4 N–H and O–H groups in total. The number of alkyl halides is 1. The lowest BCUT2D eigenvalue weighted by Gasteiger charge is -2.36. The standard InChI is InChI=1S/C26H27F2N9O3/c1-26(2,40)22(27)13-36-24(28)23(34-35-36)18-12-30-20(21-4-3-17-7-15(9-29)11-32-37(17)21)8-19(18)33-16-5-14(6-16)10-31-25(38)39/h3-4,7-8,11-12,14,16,22,31,40H,5-6,10,13H2,1-2H3,(H,30,33)(H,38,39). The Morgan fingerprint density at radius 2 is 2.08 bits per heavy atom. The number of nitriles is 1. The van der Waals surface area contributed by atoms with Gasteiger partial charge in [-0.25, -0.2) is 18.4 Å². The molecule has 1 atom stereocenters. The van der Waals surface area contributed by atoms with Gasteiger partial charge in [0.15, 0.2) is 5.69 Å². The number of carbonyl (C=O) groups is 1. The quantitative estimate of drug-likeness (QED) is 0.244. The number of pyridine rings is 1. The van der Waals surface area contributed by atoms with Crippen LogP contribution in [0, 0.1) is 23.2 Å². The summed E-state index contributed by atoms with van der Waals surface area (Å²) in [7, 11) is 0. The molecule has 0 saturated heterocycles. The molecule has 1 fully saturated rings. The van der Waals surface area contributed by atoms with Crippen LogP contribution >= 0.6 is 0 Å². The Morgan fingerprint density at radius 3 is 2.77 bits per heavy atom. The van der Waals surface area contributed by atoms with Crippen molar-refractivity contribution in [2.24, 2.45) is 5.92 Å². The summed E-state index contributed by atoms with van der Waals surface area (Å²) in [6, 6.07) is 9.08. The fraction of sp³-hybridized carbons (Fsp3) is 0.385. The molecule has 0 spiro atoms. The molecule has 1 saturated carbocycles. The Bertz CT molecular complexity index is 1600. The van der Waals surface area contributed by atoms with Crippen LogP contribution in [0.4, 0.5) is 19.3 Å². The van der Waals surface area contributed by atoms with E-state index in [0.29, 0.717) is 53.1 Å². The van der Waals surface area contributed by atoms with Crippen LogP contribution in [0.25, 0.3) is 28.2 Å². The molecule has 14 heteroatoms. The van der Waals surface area contributed by atoms with Crippen LogP contribution in [0.3, 0.4) is 0 Å². The second-order valence-corrected chi connectivity index (χ2v) is 10.4. The topological polar surface area (TPSA) is 166 Å². The third kappa shape index (κ3) is 5.41. The van der Waals surface area contributed by atoms with Crippen LogP contribution in [0.1, 0.15) is 32.3 Å². The molecular formula is C26H27F2N9O3. The van der Waals surface area contributed by atoms with Gasteiger partial charge < -0.3 is 20.8 Å². The van der Waals surface area contributed by atoms with E-state index >= 15 is 4.39 Å². The van der Waals surface area contributed by atoms with Crippen molar-refractivity contribution < 1.29 is 23.8 Å². The molecule has 40 heavy (non-hydrogen) atoms. The lowest BCUT2D eigenvalue weighted by Crippen LogP contribution is -2.41. The third-order valence-electron chi connectivity index (χ3n) is 6.96. The summed E-state index contributed by atoms with van der Waals surface area (Å²) >= 11 is 0. The molecule has 4 heterocycles. The molecule has 4 aromatic heterocycles. The molecule has 1 amide bonds. The molecular weight excluding hydrogens is 524 g/mol. The van der Waals surface area contributed by atoms with Crippen molar-refractivity contribution in [2.45, 2.75) is 51.0 Å². The first kappa shape index (κ1) is 26.9. The first-order chi connectivity index (χ1) is 19.0. The van der Waals surface area contributed by atoms with Crippen LogP contribution in [0.15, 0.2) is 36.7 Å². The van der Waals surface area contributed by atoms with Crippen molar-refractivity contribution in [2.75, 3.05) is 11.9 Å². The fourth-order valence-corrected chi connectivity index (χ4v) is 4.59. The van der Waals surface area contributed by atoms with Gasteiger partial charge in [-0.15, -0.1) is 5.10 Å². The van der Waals surface area contributed by atoms with Crippen molar-refractivity contribution in [1.29, 1.82) is 5.26 Å². The van der Waals surface area contributed by atoms with Gasteiger partial charge in [0, 0.05) is 30.0 Å². The van der Waals surface area contributed by atoms with Gasteiger partial charge in [0.1, 0.15) is 12.2 Å². The molecule has 12 nitrogen and oxygen atoms in total. The van der Waals surface area contributed by atoms with Gasteiger partial charge in [0.05, 0.1) is 40.8 Å². The number of rotatable bonds is 9. The monoisotopic (exact) mass is 551 g/mol. The predicted octanol–water partition coefficient (Wildman–Crippen LogP) is 3.23. The van der Waals surface area contributed by atoms with E-state index in [0.717, 1.165) is 4.68 Å². The predicted molar refractivity (Wildman–Crippen MR) is 139 cm³/mol. The Labute approximate surface area is 227 Å². The molecule has 5 rings (SSSR count). The molecule has 0 aromatic carbocycles. The Kier molecular flexibility index (Phi) is 7.07. The maximum atomic E-state index is 15.4. The van der Waals surface area contributed by atoms with Crippen LogP contribution in [-0.2, 0) is 6.54 Å². The van der Waals surface area contributed by atoms with E-state index in [-0.39, 0.29) is 17.7 Å². The first-order valence-electron chi connectivity index (χ1n) is 12.6. The number of nitrogens with one attached hydrogen (secondary N) is 2. The highest BCUT2D eigenvalue weighted by molar-refractivity contribution is 5.79. The van der Waals surface area contributed by atoms with Crippen molar-refractivity contribution >= 4 is 17.3 Å². The largest absolute Gasteiger partial charge is 0.465 e. The summed E-state index contributed by atoms with van der Waals surface area (Å²) in [6.45, 7) is 2.39. The number of fused-ring (bicyclic) bond motifs is 1. The van der Waals surface area contributed by atoms with E-state index in [1.165, 1.54) is 26.2 Å². The zero-order valence-corrected chi connectivity index (χ0v) is 21.7. The van der Waals surface area contributed by atoms with E-state index in [1.807, 2.05) is 0 Å². The number of carboxylic acid groups (broad SMARTS) is 1. The van der Waals surface area contributed by atoms with Crippen molar-refractivity contribution in [1.82, 2.24) is 34.9 Å². The number of aromatic nitrogens is 6. The van der Waals surface area contributed by atoms with Gasteiger partial charge >= 0.3 is 6.09 Å². The van der Waals surface area contributed by atoms with E-state index in [1.54, 1.807) is 28.8 Å². The number of amides is 1. The van der Waals surface area contributed by atoms with Crippen LogP contribution in [0.2, 0.25) is 0 Å². The third-order valence-corrected chi connectivity index (χ3v) is 6.96. The molecule has 0 bridgehead atoms. The second-order valence-electron chi connectivity index (χ2n) is 10.4. The zero-order valence-electron chi connectivity index (χ0n) is 21.7. The lowest BCUT2D eigenvalue weighted by atomic mass is 9.80. The summed E-state index contributed by atoms with van der Waals surface area (Å²) in [4.78, 5) is 15.3. The fourth-order valence-electron chi connectivity index (χ4n) is 4.59. The molecule has 0 radical (unpaired) electrons. The lowest BCUT2D eigenvalue weighted by molar-refractivity contribution is -0.0133. The van der Waals surface area contributed by atoms with Crippen LogP contribution < -0.4 is 10.6 Å². The minimum Gasteiger partial charge on any atom is -0.465 e. The zero-order chi connectivity index (χ0) is 28.6. The van der Waals surface area contributed by atoms with Gasteiger partial charge in [-0.1, -0.05) is 5.21 Å². The van der Waals surface area contributed by atoms with Gasteiger partial charge in [-0.3, -0.25) is 4.98 Å². The van der Waals surface area contributed by atoms with Gasteiger partial charge in [-0.2, -0.15) is 14.8 Å². The molecule has 0 aliphatic heterocycles. The van der Waals surface area contributed by atoms with Crippen LogP contribution in [-0.4, -0.2) is 70.3 Å². The van der Waals surface area contributed by atoms with E-state index < -0.39 is 30.4 Å². The highest BCUT2D eigenvalue weighted by atomic mass is 19.1. The Balaban J connectivity index is 1.48. The number of hydrogen-bond acceptors (Lipinski definition) is 8.